The van der Waals surface area contributed by atoms with Crippen LogP contribution in [0.5, 0.6) is 0 Å². The number of hydrogen-bond donors (Lipinski definition) is 1. The van der Waals surface area contributed by atoms with Gasteiger partial charge in [-0.15, -0.1) is 0 Å². The van der Waals surface area contributed by atoms with E-state index in [0.29, 0.717) is 5.92 Å². The van der Waals surface area contributed by atoms with Gasteiger partial charge in [-0.3, -0.25) is 0 Å². The Balaban J connectivity index is 1.83. The topological polar surface area (TPSA) is 54.2 Å². The van der Waals surface area contributed by atoms with Crippen LogP contribution in [0.4, 0.5) is 0 Å². The van der Waals surface area contributed by atoms with Gasteiger partial charge in [0, 0.05) is 25.9 Å². The highest BCUT2D eigenvalue weighted by Crippen LogP contribution is 2.18. The van der Waals surface area contributed by atoms with Crippen molar-refractivity contribution in [3.05, 3.63) is 11.7 Å². The maximum Gasteiger partial charge on any atom is 0.226 e. The first-order valence-corrected chi connectivity index (χ1v) is 5.92. The third-order valence-electron chi connectivity index (χ3n) is 3.06. The lowest BCUT2D eigenvalue weighted by atomic mass is 10.1. The van der Waals surface area contributed by atoms with Crippen LogP contribution in [0.25, 0.3) is 0 Å². The van der Waals surface area contributed by atoms with Crippen molar-refractivity contribution >= 4 is 0 Å². The van der Waals surface area contributed by atoms with Gasteiger partial charge in [0.2, 0.25) is 5.89 Å². The predicted molar refractivity (Wildman–Crippen MR) is 61.2 cm³/mol. The van der Waals surface area contributed by atoms with Crippen molar-refractivity contribution in [1.29, 1.82) is 0 Å². The molecule has 16 heavy (non-hydrogen) atoms. The number of nitrogens with one attached hydrogen (secondary N) is 1. The molecular formula is C11H20N4O. The summed E-state index contributed by atoms with van der Waals surface area (Å²) in [6, 6.07) is 0. The Bertz CT molecular complexity index is 326. The average Bonchev–Trinajstić information content (AvgIpc) is 2.86. The van der Waals surface area contributed by atoms with E-state index in [9.17, 15) is 0 Å². The first-order chi connectivity index (χ1) is 7.78. The average molecular weight is 224 g/mol. The summed E-state index contributed by atoms with van der Waals surface area (Å²) in [6.45, 7) is 3.23. The molecule has 0 bridgehead atoms. The lowest BCUT2D eigenvalue weighted by Crippen LogP contribution is -2.15. The zero-order chi connectivity index (χ0) is 11.4. The van der Waals surface area contributed by atoms with Gasteiger partial charge < -0.3 is 14.7 Å². The van der Waals surface area contributed by atoms with Crippen LogP contribution in [0, 0.1) is 5.92 Å². The Morgan fingerprint density at radius 1 is 1.56 bits per heavy atom. The summed E-state index contributed by atoms with van der Waals surface area (Å²) < 4.78 is 5.25. The van der Waals surface area contributed by atoms with Crippen molar-refractivity contribution in [2.45, 2.75) is 19.3 Å². The predicted octanol–water partition coefficient (Wildman–Crippen LogP) is 0.326. The zero-order valence-electron chi connectivity index (χ0n) is 10.1. The fraction of sp³-hybridized carbons (Fsp3) is 0.818. The third kappa shape index (κ3) is 3.02. The molecule has 0 amide bonds. The highest BCUT2D eigenvalue weighted by Gasteiger charge is 2.22. The lowest BCUT2D eigenvalue weighted by molar-refractivity contribution is 0.341. The molecule has 90 valence electrons. The van der Waals surface area contributed by atoms with Crippen LogP contribution in [-0.2, 0) is 12.8 Å². The van der Waals surface area contributed by atoms with Gasteiger partial charge in [-0.25, -0.2) is 0 Å². The van der Waals surface area contributed by atoms with Crippen LogP contribution >= 0.6 is 0 Å². The molecule has 2 rings (SSSR count). The minimum Gasteiger partial charge on any atom is -0.339 e. The smallest absolute Gasteiger partial charge is 0.226 e. The molecule has 0 radical (unpaired) electrons. The van der Waals surface area contributed by atoms with Crippen molar-refractivity contribution in [3.8, 4) is 0 Å². The standard InChI is InChI=1S/C11H20N4O/c1-12-5-3-10-13-11(16-14-10)7-9-4-6-15(2)8-9/h9,12H,3-8H2,1-2H3. The van der Waals surface area contributed by atoms with Gasteiger partial charge in [0.25, 0.3) is 0 Å². The molecule has 1 N–H and O–H groups in total. The van der Waals surface area contributed by atoms with Crippen LogP contribution in [-0.4, -0.2) is 48.8 Å². The van der Waals surface area contributed by atoms with E-state index in [1.807, 2.05) is 7.05 Å². The van der Waals surface area contributed by atoms with Gasteiger partial charge in [-0.05, 0) is 33.0 Å². The molecule has 0 aromatic carbocycles. The molecule has 0 saturated carbocycles. The summed E-state index contributed by atoms with van der Waals surface area (Å²) in [6.07, 6.45) is 3.01. The SMILES string of the molecule is CNCCc1noc(CC2CCN(C)C2)n1. The fourth-order valence-electron chi connectivity index (χ4n) is 2.15. The number of aromatic nitrogens is 2. The third-order valence-corrected chi connectivity index (χ3v) is 3.06. The molecule has 1 aliphatic rings. The van der Waals surface area contributed by atoms with Gasteiger partial charge in [0.1, 0.15) is 0 Å². The molecule has 1 aliphatic heterocycles. The zero-order valence-corrected chi connectivity index (χ0v) is 10.1. The second-order valence-electron chi connectivity index (χ2n) is 4.58. The number of nitrogens with zero attached hydrogens (tertiary/aromatic N) is 3. The van der Waals surface area contributed by atoms with E-state index in [2.05, 4.69) is 27.4 Å². The van der Waals surface area contributed by atoms with Crippen LogP contribution < -0.4 is 5.32 Å². The number of hydrogen-bond acceptors (Lipinski definition) is 5. The molecule has 1 unspecified atom stereocenters. The summed E-state index contributed by atoms with van der Waals surface area (Å²) in [7, 11) is 4.08. The molecule has 1 aromatic heterocycles. The van der Waals surface area contributed by atoms with Crippen molar-refractivity contribution < 1.29 is 4.52 Å². The Kier molecular flexibility index (Phi) is 3.90. The van der Waals surface area contributed by atoms with E-state index in [1.165, 1.54) is 13.0 Å². The Morgan fingerprint density at radius 3 is 3.12 bits per heavy atom. The summed E-state index contributed by atoms with van der Waals surface area (Å²) >= 11 is 0. The number of likely N-dealkylation sites (tertiary alicyclic amines) is 1. The quantitative estimate of drug-likeness (QED) is 0.781. The largest absolute Gasteiger partial charge is 0.339 e. The maximum absolute atomic E-state index is 5.25. The van der Waals surface area contributed by atoms with Gasteiger partial charge in [-0.2, -0.15) is 4.98 Å². The molecule has 0 aliphatic carbocycles. The molecule has 5 nitrogen and oxygen atoms in total. The van der Waals surface area contributed by atoms with Gasteiger partial charge in [0.05, 0.1) is 0 Å². The van der Waals surface area contributed by atoms with E-state index >= 15 is 0 Å². The fourth-order valence-corrected chi connectivity index (χ4v) is 2.15. The second kappa shape index (κ2) is 5.41. The molecule has 1 aromatic rings. The lowest BCUT2D eigenvalue weighted by Gasteiger charge is -2.06. The Hall–Kier alpha value is -0.940. The monoisotopic (exact) mass is 224 g/mol. The van der Waals surface area contributed by atoms with Crippen LogP contribution in [0.2, 0.25) is 0 Å². The van der Waals surface area contributed by atoms with Crippen molar-refractivity contribution in [2.75, 3.05) is 33.7 Å². The molecule has 1 fully saturated rings. The van der Waals surface area contributed by atoms with Gasteiger partial charge in [-0.1, -0.05) is 5.16 Å². The minimum absolute atomic E-state index is 0.683. The highest BCUT2D eigenvalue weighted by molar-refractivity contribution is 4.90. The van der Waals surface area contributed by atoms with E-state index in [1.54, 1.807) is 0 Å². The number of likely N-dealkylation sites (N-methyl/N-ethyl adjacent to an activating group) is 1. The molecule has 2 heterocycles. The number of rotatable bonds is 5. The highest BCUT2D eigenvalue weighted by atomic mass is 16.5. The molecule has 5 heteroatoms. The second-order valence-corrected chi connectivity index (χ2v) is 4.58. The van der Waals surface area contributed by atoms with Crippen molar-refractivity contribution in [3.63, 3.8) is 0 Å². The van der Waals surface area contributed by atoms with Gasteiger partial charge >= 0.3 is 0 Å². The summed E-state index contributed by atoms with van der Waals surface area (Å²) in [4.78, 5) is 6.75. The van der Waals surface area contributed by atoms with Gasteiger partial charge in [0.15, 0.2) is 5.82 Å². The normalized spacial score (nSPS) is 21.8. The molecule has 1 saturated heterocycles. The first-order valence-electron chi connectivity index (χ1n) is 5.92. The Labute approximate surface area is 96.2 Å². The minimum atomic E-state index is 0.683. The van der Waals surface area contributed by atoms with E-state index in [4.69, 9.17) is 4.52 Å². The summed E-state index contributed by atoms with van der Waals surface area (Å²) in [5.74, 6) is 2.30. The maximum atomic E-state index is 5.25. The van der Waals surface area contributed by atoms with E-state index < -0.39 is 0 Å². The molecule has 0 spiro atoms. The van der Waals surface area contributed by atoms with Crippen LogP contribution in [0.15, 0.2) is 4.52 Å². The van der Waals surface area contributed by atoms with Crippen LogP contribution in [0.3, 0.4) is 0 Å². The van der Waals surface area contributed by atoms with Crippen molar-refractivity contribution in [2.24, 2.45) is 5.92 Å². The molecular weight excluding hydrogens is 204 g/mol. The van der Waals surface area contributed by atoms with Crippen molar-refractivity contribution in [1.82, 2.24) is 20.4 Å². The Morgan fingerprint density at radius 2 is 2.44 bits per heavy atom. The first kappa shape index (κ1) is 11.5. The van der Waals surface area contributed by atoms with E-state index in [-0.39, 0.29) is 0 Å². The van der Waals surface area contributed by atoms with Crippen LogP contribution in [0.1, 0.15) is 18.1 Å². The summed E-state index contributed by atoms with van der Waals surface area (Å²) in [5.41, 5.74) is 0. The molecule has 1 atom stereocenters. The van der Waals surface area contributed by atoms with E-state index in [0.717, 1.165) is 37.6 Å². The summed E-state index contributed by atoms with van der Waals surface area (Å²) in [5, 5.41) is 7.05.